The van der Waals surface area contributed by atoms with Gasteiger partial charge in [-0.25, -0.2) is 17.7 Å². The molecule has 3 aromatic rings. The van der Waals surface area contributed by atoms with E-state index in [0.717, 1.165) is 68.6 Å². The van der Waals surface area contributed by atoms with Crippen LogP contribution in [0.1, 0.15) is 32.6 Å². The van der Waals surface area contributed by atoms with Crippen LogP contribution in [0.15, 0.2) is 42.7 Å². The Kier molecular flexibility index (Phi) is 7.09. The van der Waals surface area contributed by atoms with Crippen LogP contribution in [0.2, 0.25) is 0 Å². The molecule has 0 spiro atoms. The average molecular weight is 526 g/mol. The number of rotatable bonds is 6. The molecule has 1 N–H and O–H groups in total. The van der Waals surface area contributed by atoms with E-state index in [0.29, 0.717) is 5.95 Å². The SMILES string of the molecule is CC(=O)N1CCN(c2cccc3c2ccn3-c2ccnc(NC3CCC(N(C)S(C)(=O)=O)CC3)n2)CC1. The molecule has 0 radical (unpaired) electrons. The lowest BCUT2D eigenvalue weighted by molar-refractivity contribution is -0.129. The van der Waals surface area contributed by atoms with Gasteiger partial charge in [0.25, 0.3) is 0 Å². The summed E-state index contributed by atoms with van der Waals surface area (Å²) in [6.07, 6.45) is 8.43. The van der Waals surface area contributed by atoms with E-state index in [1.807, 2.05) is 17.2 Å². The monoisotopic (exact) mass is 525 g/mol. The number of carbonyl (C=O) groups excluding carboxylic acids is 1. The zero-order chi connectivity index (χ0) is 26.2. The molecule has 2 aromatic heterocycles. The summed E-state index contributed by atoms with van der Waals surface area (Å²) in [5.41, 5.74) is 2.24. The minimum absolute atomic E-state index is 0.0474. The first-order valence-electron chi connectivity index (χ1n) is 12.8. The standard InChI is InChI=1S/C26H35N7O3S/c1-19(34)31-15-17-32(18-16-31)23-5-4-6-24-22(23)12-14-33(24)25-11-13-27-26(29-25)28-20-7-9-21(10-8-20)30(2)37(3,35)36/h4-6,11-14,20-21H,7-10,15-18H2,1-3H3,(H,27,28,29). The fourth-order valence-electron chi connectivity index (χ4n) is 5.48. The van der Waals surface area contributed by atoms with Gasteiger partial charge in [0.05, 0.1) is 11.8 Å². The largest absolute Gasteiger partial charge is 0.367 e. The molecule has 0 atom stereocenters. The van der Waals surface area contributed by atoms with E-state index in [-0.39, 0.29) is 18.0 Å². The summed E-state index contributed by atoms with van der Waals surface area (Å²) in [5.74, 6) is 1.50. The third-order valence-electron chi connectivity index (χ3n) is 7.73. The molecule has 3 heterocycles. The van der Waals surface area contributed by atoms with E-state index in [1.54, 1.807) is 20.2 Å². The van der Waals surface area contributed by atoms with Gasteiger partial charge < -0.3 is 19.7 Å². The molecule has 1 saturated carbocycles. The lowest BCUT2D eigenvalue weighted by atomic mass is 9.91. The van der Waals surface area contributed by atoms with E-state index < -0.39 is 10.0 Å². The van der Waals surface area contributed by atoms with Gasteiger partial charge in [-0.2, -0.15) is 4.98 Å². The second kappa shape index (κ2) is 10.3. The van der Waals surface area contributed by atoms with Gasteiger partial charge in [-0.3, -0.25) is 4.79 Å². The zero-order valence-corrected chi connectivity index (χ0v) is 22.5. The second-order valence-electron chi connectivity index (χ2n) is 10.1. The lowest BCUT2D eigenvalue weighted by Crippen LogP contribution is -2.48. The Hall–Kier alpha value is -3.18. The van der Waals surface area contributed by atoms with Crippen molar-refractivity contribution in [3.05, 3.63) is 42.7 Å². The first-order chi connectivity index (χ1) is 17.7. The topological polar surface area (TPSA) is 104 Å². The normalized spacial score (nSPS) is 21.0. The number of carbonyl (C=O) groups is 1. The molecule has 198 valence electrons. The Labute approximate surface area is 218 Å². The molecule has 1 aromatic carbocycles. The van der Waals surface area contributed by atoms with Gasteiger partial charge in [-0.05, 0) is 49.9 Å². The molecular formula is C26H35N7O3S. The van der Waals surface area contributed by atoms with Crippen LogP contribution in [0.3, 0.4) is 0 Å². The molecule has 5 rings (SSSR count). The molecular weight excluding hydrogens is 490 g/mol. The smallest absolute Gasteiger partial charge is 0.224 e. The molecule has 10 nitrogen and oxygen atoms in total. The summed E-state index contributed by atoms with van der Waals surface area (Å²) in [6, 6.07) is 10.6. The number of hydrogen-bond donors (Lipinski definition) is 1. The van der Waals surface area contributed by atoms with Crippen LogP contribution >= 0.6 is 0 Å². The van der Waals surface area contributed by atoms with Crippen molar-refractivity contribution < 1.29 is 13.2 Å². The number of aromatic nitrogens is 3. The van der Waals surface area contributed by atoms with Crippen LogP contribution in [-0.2, 0) is 14.8 Å². The Morgan fingerprint density at radius 1 is 1.05 bits per heavy atom. The number of hydrogen-bond acceptors (Lipinski definition) is 7. The van der Waals surface area contributed by atoms with Crippen LogP contribution in [0.25, 0.3) is 16.7 Å². The zero-order valence-electron chi connectivity index (χ0n) is 21.7. The molecule has 1 aliphatic heterocycles. The van der Waals surface area contributed by atoms with Gasteiger partial charge >= 0.3 is 0 Å². The average Bonchev–Trinajstić information content (AvgIpc) is 3.33. The minimum Gasteiger partial charge on any atom is -0.367 e. The fourth-order valence-corrected chi connectivity index (χ4v) is 6.23. The highest BCUT2D eigenvalue weighted by molar-refractivity contribution is 7.88. The molecule has 11 heteroatoms. The number of nitrogens with zero attached hydrogens (tertiary/aromatic N) is 6. The number of anilines is 2. The van der Waals surface area contributed by atoms with Gasteiger partial charge in [-0.1, -0.05) is 6.07 Å². The molecule has 2 aliphatic rings. The summed E-state index contributed by atoms with van der Waals surface area (Å²) in [7, 11) is -1.51. The molecule has 1 aliphatic carbocycles. The number of benzene rings is 1. The summed E-state index contributed by atoms with van der Waals surface area (Å²) < 4.78 is 27.3. The van der Waals surface area contributed by atoms with E-state index >= 15 is 0 Å². The van der Waals surface area contributed by atoms with Crippen molar-refractivity contribution in [2.24, 2.45) is 0 Å². The van der Waals surface area contributed by atoms with Crippen LogP contribution in [0.5, 0.6) is 0 Å². The van der Waals surface area contributed by atoms with E-state index in [1.165, 1.54) is 16.2 Å². The van der Waals surface area contributed by atoms with Gasteiger partial charge in [0, 0.05) is 75.7 Å². The summed E-state index contributed by atoms with van der Waals surface area (Å²) in [6.45, 7) is 4.73. The summed E-state index contributed by atoms with van der Waals surface area (Å²) in [5, 5.41) is 4.61. The van der Waals surface area contributed by atoms with E-state index in [9.17, 15) is 13.2 Å². The molecule has 1 amide bonds. The molecule has 1 saturated heterocycles. The van der Waals surface area contributed by atoms with Crippen molar-refractivity contribution in [3.8, 4) is 5.82 Å². The second-order valence-corrected chi connectivity index (χ2v) is 12.1. The Morgan fingerprint density at radius 2 is 1.78 bits per heavy atom. The van der Waals surface area contributed by atoms with Crippen molar-refractivity contribution >= 4 is 38.5 Å². The fraction of sp³-hybridized carbons (Fsp3) is 0.500. The van der Waals surface area contributed by atoms with Crippen molar-refractivity contribution in [2.45, 2.75) is 44.7 Å². The van der Waals surface area contributed by atoms with Crippen LogP contribution < -0.4 is 10.2 Å². The van der Waals surface area contributed by atoms with Crippen molar-refractivity contribution in [1.29, 1.82) is 0 Å². The predicted octanol–water partition coefficient (Wildman–Crippen LogP) is 2.70. The molecule has 0 unspecified atom stereocenters. The quantitative estimate of drug-likeness (QED) is 0.528. The lowest BCUT2D eigenvalue weighted by Gasteiger charge is -2.36. The maximum atomic E-state index is 11.9. The Bertz CT molecular complexity index is 1370. The minimum atomic E-state index is -3.18. The van der Waals surface area contributed by atoms with Gasteiger partial charge in [-0.15, -0.1) is 0 Å². The van der Waals surface area contributed by atoms with E-state index in [4.69, 9.17) is 4.98 Å². The maximum Gasteiger partial charge on any atom is 0.224 e. The van der Waals surface area contributed by atoms with E-state index in [2.05, 4.69) is 44.0 Å². The predicted molar refractivity (Wildman–Crippen MR) is 146 cm³/mol. The van der Waals surface area contributed by atoms with Crippen LogP contribution in [-0.4, -0.2) is 89.6 Å². The van der Waals surface area contributed by atoms with Crippen LogP contribution in [0, 0.1) is 0 Å². The van der Waals surface area contributed by atoms with Gasteiger partial charge in [0.15, 0.2) is 0 Å². The Balaban J connectivity index is 1.29. The summed E-state index contributed by atoms with van der Waals surface area (Å²) >= 11 is 0. The number of nitrogens with one attached hydrogen (secondary N) is 1. The third kappa shape index (κ3) is 5.42. The maximum absolute atomic E-state index is 11.9. The number of fused-ring (bicyclic) bond motifs is 1. The van der Waals surface area contributed by atoms with Gasteiger partial charge in [0.1, 0.15) is 5.82 Å². The van der Waals surface area contributed by atoms with Gasteiger partial charge in [0.2, 0.25) is 21.9 Å². The molecule has 2 fully saturated rings. The number of sulfonamides is 1. The first-order valence-corrected chi connectivity index (χ1v) is 14.7. The van der Waals surface area contributed by atoms with Crippen molar-refractivity contribution in [2.75, 3.05) is 49.7 Å². The highest BCUT2D eigenvalue weighted by Crippen LogP contribution is 2.30. The highest BCUT2D eigenvalue weighted by atomic mass is 32.2. The van der Waals surface area contributed by atoms with Crippen LogP contribution in [0.4, 0.5) is 11.6 Å². The number of piperazine rings is 1. The summed E-state index contributed by atoms with van der Waals surface area (Å²) in [4.78, 5) is 25.2. The van der Waals surface area contributed by atoms with Crippen molar-refractivity contribution in [3.63, 3.8) is 0 Å². The third-order valence-corrected chi connectivity index (χ3v) is 9.07. The first kappa shape index (κ1) is 25.5. The molecule has 0 bridgehead atoms. The Morgan fingerprint density at radius 3 is 2.46 bits per heavy atom. The number of amides is 1. The molecule has 37 heavy (non-hydrogen) atoms. The highest BCUT2D eigenvalue weighted by Gasteiger charge is 2.28. The van der Waals surface area contributed by atoms with Crippen molar-refractivity contribution in [1.82, 2.24) is 23.7 Å².